The van der Waals surface area contributed by atoms with Crippen molar-refractivity contribution in [1.82, 2.24) is 9.88 Å². The Bertz CT molecular complexity index is 1160. The first-order valence-electron chi connectivity index (χ1n) is 9.98. The van der Waals surface area contributed by atoms with Gasteiger partial charge in [0.05, 0.1) is 17.1 Å². The number of aliphatic hydroxyl groups is 1. The number of carbonyl (C=O) groups is 2. The van der Waals surface area contributed by atoms with E-state index < -0.39 is 0 Å². The van der Waals surface area contributed by atoms with Gasteiger partial charge in [0.2, 0.25) is 0 Å². The zero-order valence-electron chi connectivity index (χ0n) is 17.1. The maximum atomic E-state index is 13.3. The molecule has 0 saturated carbocycles. The highest BCUT2D eigenvalue weighted by Crippen LogP contribution is 2.36. The third-order valence-corrected chi connectivity index (χ3v) is 6.59. The molecular formula is C24H24N2O3S. The van der Waals surface area contributed by atoms with Crippen LogP contribution in [0.4, 0.5) is 0 Å². The first-order valence-corrected chi connectivity index (χ1v) is 11.0. The summed E-state index contributed by atoms with van der Waals surface area (Å²) in [5.74, 6) is -0.158. The van der Waals surface area contributed by atoms with E-state index >= 15 is 0 Å². The Kier molecular flexibility index (Phi) is 5.79. The fraction of sp³-hybridized carbons (Fsp3) is 0.250. The molecule has 0 fully saturated rings. The molecule has 2 N–H and O–H groups in total. The fourth-order valence-corrected chi connectivity index (χ4v) is 4.64. The minimum atomic E-state index is -0.272. The Morgan fingerprint density at radius 3 is 2.60 bits per heavy atom. The number of thioether (sulfide) groups is 1. The summed E-state index contributed by atoms with van der Waals surface area (Å²) in [6.45, 7) is 4.28. The Balaban J connectivity index is 1.62. The third-order valence-electron chi connectivity index (χ3n) is 5.54. The number of hydrogen-bond donors (Lipinski definition) is 2. The summed E-state index contributed by atoms with van der Waals surface area (Å²) in [5.41, 5.74) is 5.53. The third kappa shape index (κ3) is 3.68. The van der Waals surface area contributed by atoms with Crippen molar-refractivity contribution < 1.29 is 14.7 Å². The molecule has 30 heavy (non-hydrogen) atoms. The van der Waals surface area contributed by atoms with Gasteiger partial charge in [-0.3, -0.25) is 14.5 Å². The summed E-state index contributed by atoms with van der Waals surface area (Å²) in [6, 6.07) is 13.8. The zero-order valence-corrected chi connectivity index (χ0v) is 17.9. The lowest BCUT2D eigenvalue weighted by molar-refractivity contribution is -0.136. The molecule has 0 unspecified atom stereocenters. The molecule has 1 aliphatic rings. The second-order valence-corrected chi connectivity index (χ2v) is 8.55. The highest BCUT2D eigenvalue weighted by atomic mass is 32.2. The molecule has 2 heterocycles. The minimum absolute atomic E-state index is 0.0504. The van der Waals surface area contributed by atoms with Crippen molar-refractivity contribution in [3.05, 3.63) is 75.8 Å². The summed E-state index contributed by atoms with van der Waals surface area (Å²) in [4.78, 5) is 31.4. The van der Waals surface area contributed by atoms with Crippen molar-refractivity contribution in [1.29, 1.82) is 0 Å². The largest absolute Gasteiger partial charge is 0.396 e. The maximum absolute atomic E-state index is 13.3. The number of fused-ring (bicyclic) bond motifs is 1. The normalized spacial score (nSPS) is 14.4. The number of H-pyrrole nitrogens is 1. The zero-order chi connectivity index (χ0) is 21.3. The molecule has 3 aromatic rings. The Labute approximate surface area is 179 Å². The van der Waals surface area contributed by atoms with E-state index in [0.29, 0.717) is 29.2 Å². The quantitative estimate of drug-likeness (QED) is 0.570. The van der Waals surface area contributed by atoms with Crippen LogP contribution in [0.1, 0.15) is 22.3 Å². The molecule has 0 spiro atoms. The predicted octanol–water partition coefficient (Wildman–Crippen LogP) is 3.83. The van der Waals surface area contributed by atoms with Crippen molar-refractivity contribution in [2.75, 3.05) is 18.9 Å². The number of imide groups is 1. The van der Waals surface area contributed by atoms with Gasteiger partial charge in [0.15, 0.2) is 0 Å². The number of aliphatic hydroxyl groups excluding tert-OH is 1. The van der Waals surface area contributed by atoms with E-state index in [1.54, 1.807) is 0 Å². The number of rotatable bonds is 7. The van der Waals surface area contributed by atoms with Gasteiger partial charge in [-0.25, -0.2) is 0 Å². The molecule has 0 saturated heterocycles. The lowest BCUT2D eigenvalue weighted by atomic mass is 10.0. The highest BCUT2D eigenvalue weighted by molar-refractivity contribution is 8.04. The first-order chi connectivity index (χ1) is 14.5. The van der Waals surface area contributed by atoms with Gasteiger partial charge in [-0.05, 0) is 48.6 Å². The van der Waals surface area contributed by atoms with Gasteiger partial charge in [-0.1, -0.05) is 36.4 Å². The van der Waals surface area contributed by atoms with E-state index in [9.17, 15) is 14.7 Å². The van der Waals surface area contributed by atoms with Crippen molar-refractivity contribution >= 4 is 40.1 Å². The number of aromatic nitrogens is 1. The number of benzene rings is 2. The monoisotopic (exact) mass is 420 g/mol. The van der Waals surface area contributed by atoms with Crippen molar-refractivity contribution in [2.45, 2.75) is 20.3 Å². The molecule has 5 nitrogen and oxygen atoms in total. The van der Waals surface area contributed by atoms with Gasteiger partial charge < -0.3 is 10.1 Å². The summed E-state index contributed by atoms with van der Waals surface area (Å²) in [7, 11) is 0. The number of para-hydroxylation sites is 1. The van der Waals surface area contributed by atoms with Crippen molar-refractivity contribution in [3.8, 4) is 0 Å². The predicted molar refractivity (Wildman–Crippen MR) is 121 cm³/mol. The molecular weight excluding hydrogens is 396 g/mol. The first kappa shape index (κ1) is 20.4. The van der Waals surface area contributed by atoms with Gasteiger partial charge in [0.25, 0.3) is 11.8 Å². The molecule has 1 aromatic heterocycles. The molecule has 2 amide bonds. The van der Waals surface area contributed by atoms with E-state index in [2.05, 4.69) is 4.98 Å². The fourth-order valence-electron chi connectivity index (χ4n) is 3.76. The Morgan fingerprint density at radius 2 is 1.83 bits per heavy atom. The van der Waals surface area contributed by atoms with Crippen molar-refractivity contribution in [2.24, 2.45) is 0 Å². The van der Waals surface area contributed by atoms with Gasteiger partial charge in [0, 0.05) is 29.4 Å². The molecule has 0 bridgehead atoms. The summed E-state index contributed by atoms with van der Waals surface area (Å²) in [5, 5.41) is 10.4. The van der Waals surface area contributed by atoms with Crippen molar-refractivity contribution in [3.63, 3.8) is 0 Å². The highest BCUT2D eigenvalue weighted by Gasteiger charge is 2.38. The summed E-state index contributed by atoms with van der Waals surface area (Å²) >= 11 is 1.25. The van der Waals surface area contributed by atoms with Gasteiger partial charge >= 0.3 is 0 Å². The van der Waals surface area contributed by atoms with E-state index in [1.165, 1.54) is 16.7 Å². The average Bonchev–Trinajstić information content (AvgIpc) is 3.26. The standard InChI is InChI=1S/C24H24N2O3S/c1-15-7-8-17(13-16(15)2)21-22(30-12-11-27)24(29)26(23(21)28)10-9-18-14-25-20-6-4-3-5-19(18)20/h3-8,13-14,25,27H,9-12H2,1-2H3. The molecule has 2 aromatic carbocycles. The molecule has 0 radical (unpaired) electrons. The van der Waals surface area contributed by atoms with E-state index in [1.807, 2.05) is 62.5 Å². The number of carbonyl (C=O) groups excluding carboxylic acids is 2. The number of nitrogens with zero attached hydrogens (tertiary/aromatic N) is 1. The minimum Gasteiger partial charge on any atom is -0.396 e. The Morgan fingerprint density at radius 1 is 1.03 bits per heavy atom. The second-order valence-electron chi connectivity index (χ2n) is 7.45. The molecule has 6 heteroatoms. The summed E-state index contributed by atoms with van der Waals surface area (Å²) < 4.78 is 0. The number of hydrogen-bond acceptors (Lipinski definition) is 4. The topological polar surface area (TPSA) is 73.4 Å². The molecule has 4 rings (SSSR count). The maximum Gasteiger partial charge on any atom is 0.267 e. The van der Waals surface area contributed by atoms with E-state index in [0.717, 1.165) is 33.2 Å². The Hall–Kier alpha value is -2.83. The second kappa shape index (κ2) is 8.50. The van der Waals surface area contributed by atoms with Crippen LogP contribution in [0, 0.1) is 13.8 Å². The molecule has 0 atom stereocenters. The SMILES string of the molecule is Cc1ccc(C2=C(SCCO)C(=O)N(CCc3c[nH]c4ccccc34)C2=O)cc1C. The van der Waals surface area contributed by atoms with E-state index in [-0.39, 0.29) is 18.4 Å². The van der Waals surface area contributed by atoms with E-state index in [4.69, 9.17) is 0 Å². The van der Waals surface area contributed by atoms with Crippen LogP contribution in [-0.2, 0) is 16.0 Å². The number of aryl methyl sites for hydroxylation is 2. The molecule has 1 aliphatic heterocycles. The van der Waals surface area contributed by atoms with Gasteiger partial charge in [-0.15, -0.1) is 11.8 Å². The number of aromatic amines is 1. The molecule has 154 valence electrons. The van der Waals surface area contributed by atoms with Crippen LogP contribution in [0.3, 0.4) is 0 Å². The van der Waals surface area contributed by atoms with Gasteiger partial charge in [0.1, 0.15) is 0 Å². The summed E-state index contributed by atoms with van der Waals surface area (Å²) in [6.07, 6.45) is 2.52. The van der Waals surface area contributed by atoms with Crippen LogP contribution in [0.15, 0.2) is 53.6 Å². The lowest BCUT2D eigenvalue weighted by Crippen LogP contribution is -2.33. The van der Waals surface area contributed by atoms with Crippen LogP contribution >= 0.6 is 11.8 Å². The van der Waals surface area contributed by atoms with Crippen LogP contribution in [0.5, 0.6) is 0 Å². The molecule has 0 aliphatic carbocycles. The number of amides is 2. The lowest BCUT2D eigenvalue weighted by Gasteiger charge is -2.15. The average molecular weight is 421 g/mol. The van der Waals surface area contributed by atoms with Crippen LogP contribution in [0.2, 0.25) is 0 Å². The van der Waals surface area contributed by atoms with Crippen LogP contribution < -0.4 is 0 Å². The number of nitrogens with one attached hydrogen (secondary N) is 1. The smallest absolute Gasteiger partial charge is 0.267 e. The van der Waals surface area contributed by atoms with Gasteiger partial charge in [-0.2, -0.15) is 0 Å². The van der Waals surface area contributed by atoms with Crippen LogP contribution in [-0.4, -0.2) is 45.7 Å². The van der Waals surface area contributed by atoms with Crippen LogP contribution in [0.25, 0.3) is 16.5 Å².